The molecule has 0 heterocycles. The van der Waals surface area contributed by atoms with E-state index in [0.717, 1.165) is 17.7 Å². The highest BCUT2D eigenvalue weighted by Crippen LogP contribution is 2.17. The number of nitrogens with one attached hydrogen (secondary N) is 1. The molecule has 0 saturated carbocycles. The second-order valence-corrected chi connectivity index (χ2v) is 4.66. The van der Waals surface area contributed by atoms with E-state index >= 15 is 0 Å². The highest BCUT2D eigenvalue weighted by Gasteiger charge is 2.28. The summed E-state index contributed by atoms with van der Waals surface area (Å²) in [5.41, 5.74) is 5.81. The average molecular weight is 250 g/mol. The second-order valence-electron chi connectivity index (χ2n) is 4.66. The van der Waals surface area contributed by atoms with Crippen LogP contribution < -0.4 is 15.8 Å². The van der Waals surface area contributed by atoms with Gasteiger partial charge in [0.15, 0.2) is 0 Å². The summed E-state index contributed by atoms with van der Waals surface area (Å²) >= 11 is 0. The maximum atomic E-state index is 11.3. The van der Waals surface area contributed by atoms with Gasteiger partial charge < -0.3 is 15.8 Å². The van der Waals surface area contributed by atoms with Gasteiger partial charge in [-0.1, -0.05) is 18.2 Å². The van der Waals surface area contributed by atoms with Crippen molar-refractivity contribution in [3.8, 4) is 5.75 Å². The third kappa shape index (κ3) is 3.74. The van der Waals surface area contributed by atoms with Crippen molar-refractivity contribution < 1.29 is 9.53 Å². The van der Waals surface area contributed by atoms with Crippen LogP contribution in [0.15, 0.2) is 24.3 Å². The minimum atomic E-state index is -0.658. The van der Waals surface area contributed by atoms with E-state index in [2.05, 4.69) is 5.32 Å². The Morgan fingerprint density at radius 3 is 2.67 bits per heavy atom. The fourth-order valence-corrected chi connectivity index (χ4v) is 1.70. The van der Waals surface area contributed by atoms with Crippen LogP contribution in [0.3, 0.4) is 0 Å². The number of nitrogens with two attached hydrogens (primary N) is 1. The van der Waals surface area contributed by atoms with Crippen LogP contribution in [-0.2, 0) is 4.79 Å². The Balaban J connectivity index is 2.39. The molecule has 1 unspecified atom stereocenters. The molecule has 1 aromatic carbocycles. The van der Waals surface area contributed by atoms with Crippen molar-refractivity contribution in [2.24, 2.45) is 5.73 Å². The summed E-state index contributed by atoms with van der Waals surface area (Å²) in [6.45, 7) is 4.40. The number of carbonyl (C=O) groups is 1. The zero-order valence-corrected chi connectivity index (χ0v) is 11.3. The molecule has 18 heavy (non-hydrogen) atoms. The first-order valence-electron chi connectivity index (χ1n) is 6.17. The van der Waals surface area contributed by atoms with E-state index < -0.39 is 5.54 Å². The van der Waals surface area contributed by atoms with Gasteiger partial charge in [0, 0.05) is 0 Å². The molecule has 0 bridgehead atoms. The molecule has 0 aliphatic carbocycles. The maximum absolute atomic E-state index is 11.3. The van der Waals surface area contributed by atoms with Gasteiger partial charge in [0.2, 0.25) is 5.91 Å². The van der Waals surface area contributed by atoms with Crippen LogP contribution in [0.25, 0.3) is 0 Å². The van der Waals surface area contributed by atoms with Crippen molar-refractivity contribution in [2.45, 2.75) is 32.2 Å². The van der Waals surface area contributed by atoms with Gasteiger partial charge in [-0.3, -0.25) is 4.79 Å². The topological polar surface area (TPSA) is 64.3 Å². The van der Waals surface area contributed by atoms with E-state index in [0.29, 0.717) is 13.0 Å². The molecule has 0 saturated heterocycles. The largest absolute Gasteiger partial charge is 0.493 e. The second kappa shape index (κ2) is 6.40. The van der Waals surface area contributed by atoms with Gasteiger partial charge >= 0.3 is 0 Å². The average Bonchev–Trinajstić information content (AvgIpc) is 2.36. The van der Waals surface area contributed by atoms with E-state index in [1.165, 1.54) is 0 Å². The van der Waals surface area contributed by atoms with Crippen LogP contribution in [0.2, 0.25) is 0 Å². The Labute approximate surface area is 109 Å². The van der Waals surface area contributed by atoms with Crippen LogP contribution >= 0.6 is 0 Å². The van der Waals surface area contributed by atoms with Crippen molar-refractivity contribution in [3.63, 3.8) is 0 Å². The van der Waals surface area contributed by atoms with Crippen LogP contribution in [0.4, 0.5) is 0 Å². The summed E-state index contributed by atoms with van der Waals surface area (Å²) < 4.78 is 5.68. The van der Waals surface area contributed by atoms with E-state index in [-0.39, 0.29) is 5.91 Å². The van der Waals surface area contributed by atoms with Gasteiger partial charge in [-0.15, -0.1) is 0 Å². The van der Waals surface area contributed by atoms with Gasteiger partial charge in [0.1, 0.15) is 5.75 Å². The lowest BCUT2D eigenvalue weighted by atomic mass is 9.95. The SMILES string of the molecule is CNC(C)(CCCOc1ccccc1C)C(N)=O. The number of amides is 1. The summed E-state index contributed by atoms with van der Waals surface area (Å²) in [4.78, 5) is 11.3. The number of hydrogen-bond acceptors (Lipinski definition) is 3. The third-order valence-corrected chi connectivity index (χ3v) is 3.27. The van der Waals surface area contributed by atoms with Crippen molar-refractivity contribution in [3.05, 3.63) is 29.8 Å². The number of aryl methyl sites for hydroxylation is 1. The quantitative estimate of drug-likeness (QED) is 0.723. The van der Waals surface area contributed by atoms with Gasteiger partial charge in [0.05, 0.1) is 12.1 Å². The standard InChI is InChI=1S/C14H22N2O2/c1-11-7-4-5-8-12(11)18-10-6-9-14(2,16-3)13(15)17/h4-5,7-8,16H,6,9-10H2,1-3H3,(H2,15,17). The molecule has 0 spiro atoms. The molecule has 1 aromatic rings. The molecule has 4 nitrogen and oxygen atoms in total. The predicted molar refractivity (Wildman–Crippen MR) is 72.6 cm³/mol. The fraction of sp³-hybridized carbons (Fsp3) is 0.500. The molecule has 0 aromatic heterocycles. The zero-order valence-electron chi connectivity index (χ0n) is 11.3. The predicted octanol–water partition coefficient (Wildman–Crippen LogP) is 1.62. The van der Waals surface area contributed by atoms with Crippen molar-refractivity contribution in [1.29, 1.82) is 0 Å². The fourth-order valence-electron chi connectivity index (χ4n) is 1.70. The van der Waals surface area contributed by atoms with E-state index in [1.807, 2.05) is 38.1 Å². The van der Waals surface area contributed by atoms with Crippen molar-refractivity contribution in [2.75, 3.05) is 13.7 Å². The van der Waals surface area contributed by atoms with Gasteiger partial charge in [0.25, 0.3) is 0 Å². The molecule has 0 aliphatic heterocycles. The molecule has 1 rings (SSSR count). The Morgan fingerprint density at radius 2 is 2.11 bits per heavy atom. The number of para-hydroxylation sites is 1. The normalized spacial score (nSPS) is 13.9. The van der Waals surface area contributed by atoms with Crippen LogP contribution in [0, 0.1) is 6.92 Å². The Hall–Kier alpha value is -1.55. The number of hydrogen-bond donors (Lipinski definition) is 2. The van der Waals surface area contributed by atoms with E-state index in [9.17, 15) is 4.79 Å². The number of ether oxygens (including phenoxy) is 1. The molecule has 1 atom stereocenters. The van der Waals surface area contributed by atoms with Gasteiger partial charge in [-0.25, -0.2) is 0 Å². The molecule has 100 valence electrons. The molecule has 0 aliphatic rings. The first kappa shape index (κ1) is 14.5. The number of rotatable bonds is 7. The van der Waals surface area contributed by atoms with Gasteiger partial charge in [-0.05, 0) is 45.4 Å². The minimum absolute atomic E-state index is 0.333. The summed E-state index contributed by atoms with van der Waals surface area (Å²) in [5, 5.41) is 2.96. The smallest absolute Gasteiger partial charge is 0.237 e. The lowest BCUT2D eigenvalue weighted by Crippen LogP contribution is -2.51. The molecular formula is C14H22N2O2. The first-order chi connectivity index (χ1) is 8.49. The Morgan fingerprint density at radius 1 is 1.44 bits per heavy atom. The lowest BCUT2D eigenvalue weighted by molar-refractivity contribution is -0.123. The third-order valence-electron chi connectivity index (χ3n) is 3.27. The van der Waals surface area contributed by atoms with E-state index in [4.69, 9.17) is 10.5 Å². The highest BCUT2D eigenvalue weighted by atomic mass is 16.5. The summed E-state index contributed by atoms with van der Waals surface area (Å²) in [7, 11) is 1.74. The van der Waals surface area contributed by atoms with E-state index in [1.54, 1.807) is 7.05 Å². The van der Waals surface area contributed by atoms with Crippen molar-refractivity contribution >= 4 is 5.91 Å². The number of benzene rings is 1. The molecule has 1 amide bonds. The lowest BCUT2D eigenvalue weighted by Gasteiger charge is -2.25. The first-order valence-corrected chi connectivity index (χ1v) is 6.17. The maximum Gasteiger partial charge on any atom is 0.237 e. The molecule has 0 radical (unpaired) electrons. The summed E-state index contributed by atoms with van der Waals surface area (Å²) in [6, 6.07) is 7.88. The summed E-state index contributed by atoms with van der Waals surface area (Å²) in [5.74, 6) is 0.559. The number of likely N-dealkylation sites (N-methyl/N-ethyl adjacent to an activating group) is 1. The molecule has 0 fully saturated rings. The van der Waals surface area contributed by atoms with Crippen molar-refractivity contribution in [1.82, 2.24) is 5.32 Å². The Bertz CT molecular complexity index is 407. The molecule has 4 heteroatoms. The number of carbonyl (C=O) groups excluding carboxylic acids is 1. The Kier molecular flexibility index (Phi) is 5.16. The van der Waals surface area contributed by atoms with Crippen LogP contribution in [-0.4, -0.2) is 25.1 Å². The van der Waals surface area contributed by atoms with Crippen LogP contribution in [0.1, 0.15) is 25.3 Å². The zero-order chi connectivity index (χ0) is 13.6. The highest BCUT2D eigenvalue weighted by molar-refractivity contribution is 5.84. The number of primary amides is 1. The van der Waals surface area contributed by atoms with Gasteiger partial charge in [-0.2, -0.15) is 0 Å². The molecular weight excluding hydrogens is 228 g/mol. The summed E-state index contributed by atoms with van der Waals surface area (Å²) in [6.07, 6.45) is 1.43. The van der Waals surface area contributed by atoms with Crippen LogP contribution in [0.5, 0.6) is 5.75 Å². The minimum Gasteiger partial charge on any atom is -0.493 e. The monoisotopic (exact) mass is 250 g/mol. The molecule has 3 N–H and O–H groups in total.